The Balaban J connectivity index is 2.73. The van der Waals surface area contributed by atoms with E-state index in [1.165, 1.54) is 7.11 Å². The SMILES string of the molecule is COC(=O)C(C)(C)NCc1cc(Br)ccc1O. The van der Waals surface area contributed by atoms with Gasteiger partial charge in [-0.3, -0.25) is 10.1 Å². The predicted molar refractivity (Wildman–Crippen MR) is 68.7 cm³/mol. The molecule has 2 N–H and O–H groups in total. The van der Waals surface area contributed by atoms with Gasteiger partial charge in [-0.15, -0.1) is 0 Å². The minimum Gasteiger partial charge on any atom is -0.508 e. The molecule has 1 aromatic rings. The first-order valence-corrected chi connectivity index (χ1v) is 5.97. The van der Waals surface area contributed by atoms with Gasteiger partial charge in [-0.2, -0.15) is 0 Å². The van der Waals surface area contributed by atoms with Gasteiger partial charge in [0.1, 0.15) is 11.3 Å². The number of hydrogen-bond donors (Lipinski definition) is 2. The zero-order chi connectivity index (χ0) is 13.1. The minimum atomic E-state index is -0.788. The lowest BCUT2D eigenvalue weighted by molar-refractivity contribution is -0.147. The van der Waals surface area contributed by atoms with Crippen LogP contribution in [-0.4, -0.2) is 23.7 Å². The molecule has 0 bridgehead atoms. The molecule has 0 saturated carbocycles. The first-order valence-electron chi connectivity index (χ1n) is 5.17. The second-order valence-corrected chi connectivity index (χ2v) is 5.16. The van der Waals surface area contributed by atoms with Crippen LogP contribution in [0, 0.1) is 0 Å². The minimum absolute atomic E-state index is 0.196. The van der Waals surface area contributed by atoms with Crippen molar-refractivity contribution in [3.8, 4) is 5.75 Å². The summed E-state index contributed by atoms with van der Waals surface area (Å²) in [5, 5.41) is 12.7. The Hall–Kier alpha value is -1.07. The third-order valence-corrected chi connectivity index (χ3v) is 2.95. The topological polar surface area (TPSA) is 58.6 Å². The first-order chi connectivity index (χ1) is 7.86. The molecular formula is C12H16BrNO3. The summed E-state index contributed by atoms with van der Waals surface area (Å²) in [6, 6.07) is 5.16. The van der Waals surface area contributed by atoms with E-state index in [2.05, 4.69) is 26.0 Å². The number of benzene rings is 1. The Morgan fingerprint density at radius 2 is 2.18 bits per heavy atom. The fourth-order valence-corrected chi connectivity index (χ4v) is 1.75. The maximum absolute atomic E-state index is 11.5. The molecule has 0 unspecified atom stereocenters. The van der Waals surface area contributed by atoms with E-state index >= 15 is 0 Å². The maximum atomic E-state index is 11.5. The van der Waals surface area contributed by atoms with Crippen LogP contribution in [0.25, 0.3) is 0 Å². The van der Waals surface area contributed by atoms with Crippen molar-refractivity contribution in [1.82, 2.24) is 5.32 Å². The number of nitrogens with one attached hydrogen (secondary N) is 1. The fraction of sp³-hybridized carbons (Fsp3) is 0.417. The van der Waals surface area contributed by atoms with E-state index in [9.17, 15) is 9.90 Å². The summed E-state index contributed by atoms with van der Waals surface area (Å²) in [4.78, 5) is 11.5. The molecule has 1 aromatic carbocycles. The molecule has 0 radical (unpaired) electrons. The number of halogens is 1. The van der Waals surface area contributed by atoms with Gasteiger partial charge in [0.05, 0.1) is 7.11 Å². The lowest BCUT2D eigenvalue weighted by atomic mass is 10.1. The van der Waals surface area contributed by atoms with Crippen molar-refractivity contribution in [3.05, 3.63) is 28.2 Å². The van der Waals surface area contributed by atoms with Crippen molar-refractivity contribution in [2.75, 3.05) is 7.11 Å². The lowest BCUT2D eigenvalue weighted by Crippen LogP contribution is -2.46. The van der Waals surface area contributed by atoms with Gasteiger partial charge in [0.2, 0.25) is 0 Å². The van der Waals surface area contributed by atoms with Crippen molar-refractivity contribution in [2.24, 2.45) is 0 Å². The van der Waals surface area contributed by atoms with E-state index in [1.807, 2.05) is 0 Å². The number of aromatic hydroxyl groups is 1. The first kappa shape index (κ1) is 14.0. The number of phenols is 1. The molecule has 0 saturated heterocycles. The average Bonchev–Trinajstić information content (AvgIpc) is 2.29. The van der Waals surface area contributed by atoms with Crippen LogP contribution in [0.1, 0.15) is 19.4 Å². The van der Waals surface area contributed by atoms with Crippen molar-refractivity contribution < 1.29 is 14.6 Å². The van der Waals surface area contributed by atoms with Gasteiger partial charge in [-0.05, 0) is 32.0 Å². The Labute approximate surface area is 109 Å². The number of carbonyl (C=O) groups is 1. The number of phenolic OH excluding ortho intramolecular Hbond substituents is 1. The predicted octanol–water partition coefficient (Wildman–Crippen LogP) is 2.20. The van der Waals surface area contributed by atoms with Crippen molar-refractivity contribution in [3.63, 3.8) is 0 Å². The van der Waals surface area contributed by atoms with E-state index in [0.717, 1.165) is 10.0 Å². The molecule has 0 aromatic heterocycles. The quantitative estimate of drug-likeness (QED) is 0.837. The number of hydrogen-bond acceptors (Lipinski definition) is 4. The molecule has 94 valence electrons. The molecule has 0 aliphatic carbocycles. The van der Waals surface area contributed by atoms with Gasteiger partial charge in [0.25, 0.3) is 0 Å². The Morgan fingerprint density at radius 1 is 1.53 bits per heavy atom. The fourth-order valence-electron chi connectivity index (χ4n) is 1.34. The number of esters is 1. The molecule has 0 heterocycles. The second kappa shape index (κ2) is 5.51. The highest BCUT2D eigenvalue weighted by molar-refractivity contribution is 9.10. The molecule has 0 spiro atoms. The zero-order valence-corrected chi connectivity index (χ0v) is 11.7. The Bertz CT molecular complexity index is 418. The van der Waals surface area contributed by atoms with Crippen LogP contribution in [0.2, 0.25) is 0 Å². The highest BCUT2D eigenvalue weighted by Gasteiger charge is 2.27. The molecule has 0 atom stereocenters. The largest absolute Gasteiger partial charge is 0.508 e. The van der Waals surface area contributed by atoms with Crippen LogP contribution in [0.5, 0.6) is 5.75 Å². The van der Waals surface area contributed by atoms with E-state index in [4.69, 9.17) is 0 Å². The third-order valence-electron chi connectivity index (χ3n) is 2.46. The molecule has 5 heteroatoms. The lowest BCUT2D eigenvalue weighted by Gasteiger charge is -2.23. The van der Waals surface area contributed by atoms with E-state index in [0.29, 0.717) is 6.54 Å². The van der Waals surface area contributed by atoms with Crippen molar-refractivity contribution >= 4 is 21.9 Å². The van der Waals surface area contributed by atoms with Gasteiger partial charge >= 0.3 is 5.97 Å². The smallest absolute Gasteiger partial charge is 0.325 e. The molecule has 0 aliphatic heterocycles. The summed E-state index contributed by atoms with van der Waals surface area (Å²) in [6.07, 6.45) is 0. The Kier molecular flexibility index (Phi) is 4.54. The van der Waals surface area contributed by atoms with Crippen LogP contribution in [0.4, 0.5) is 0 Å². The van der Waals surface area contributed by atoms with E-state index in [-0.39, 0.29) is 11.7 Å². The molecule has 17 heavy (non-hydrogen) atoms. The van der Waals surface area contributed by atoms with Crippen LogP contribution in [0.15, 0.2) is 22.7 Å². The number of methoxy groups -OCH3 is 1. The highest BCUT2D eigenvalue weighted by atomic mass is 79.9. The summed E-state index contributed by atoms with van der Waals surface area (Å²) >= 11 is 3.33. The summed E-state index contributed by atoms with van der Waals surface area (Å²) in [7, 11) is 1.35. The third kappa shape index (κ3) is 3.71. The van der Waals surface area contributed by atoms with Gasteiger partial charge in [-0.1, -0.05) is 15.9 Å². The number of carbonyl (C=O) groups excluding carboxylic acids is 1. The average molecular weight is 302 g/mol. The summed E-state index contributed by atoms with van der Waals surface area (Å²) < 4.78 is 5.56. The van der Waals surface area contributed by atoms with Gasteiger partial charge in [0.15, 0.2) is 0 Å². The van der Waals surface area contributed by atoms with E-state index < -0.39 is 5.54 Å². The van der Waals surface area contributed by atoms with Gasteiger partial charge in [-0.25, -0.2) is 0 Å². The van der Waals surface area contributed by atoms with Crippen molar-refractivity contribution in [1.29, 1.82) is 0 Å². The summed E-state index contributed by atoms with van der Waals surface area (Å²) in [6.45, 7) is 3.84. The van der Waals surface area contributed by atoms with Crippen LogP contribution < -0.4 is 5.32 Å². The normalized spacial score (nSPS) is 11.3. The molecule has 4 nitrogen and oxygen atoms in total. The number of rotatable bonds is 4. The molecule has 0 fully saturated rings. The summed E-state index contributed by atoms with van der Waals surface area (Å²) in [5.74, 6) is -0.145. The maximum Gasteiger partial charge on any atom is 0.325 e. The second-order valence-electron chi connectivity index (χ2n) is 4.24. The number of ether oxygens (including phenoxy) is 1. The molecule has 0 aliphatic rings. The standard InChI is InChI=1S/C12H16BrNO3/c1-12(2,11(16)17-3)14-7-8-6-9(13)4-5-10(8)15/h4-6,14-15H,7H2,1-3H3. The zero-order valence-electron chi connectivity index (χ0n) is 10.1. The highest BCUT2D eigenvalue weighted by Crippen LogP contribution is 2.22. The van der Waals surface area contributed by atoms with Crippen LogP contribution in [-0.2, 0) is 16.1 Å². The van der Waals surface area contributed by atoms with Gasteiger partial charge < -0.3 is 9.84 Å². The van der Waals surface area contributed by atoms with Crippen molar-refractivity contribution in [2.45, 2.75) is 25.9 Å². The summed E-state index contributed by atoms with van der Waals surface area (Å²) in [5.41, 5.74) is -0.0693. The van der Waals surface area contributed by atoms with Crippen LogP contribution >= 0.6 is 15.9 Å². The Morgan fingerprint density at radius 3 is 2.76 bits per heavy atom. The van der Waals surface area contributed by atoms with E-state index in [1.54, 1.807) is 32.0 Å². The molecule has 1 rings (SSSR count). The van der Waals surface area contributed by atoms with Gasteiger partial charge in [0, 0.05) is 16.6 Å². The molecule has 0 amide bonds. The van der Waals surface area contributed by atoms with Crippen LogP contribution in [0.3, 0.4) is 0 Å². The monoisotopic (exact) mass is 301 g/mol. The molecular weight excluding hydrogens is 286 g/mol.